The molecule has 0 amide bonds. The molecule has 0 bridgehead atoms. The number of hydrogen-bond donors (Lipinski definition) is 1. The van der Waals surface area contributed by atoms with Gasteiger partial charge in [0.1, 0.15) is 0 Å². The Kier molecular flexibility index (Phi) is 9.04. The summed E-state index contributed by atoms with van der Waals surface area (Å²) in [5, 5.41) is 0. The van der Waals surface area contributed by atoms with Gasteiger partial charge in [0.05, 0.1) is 0 Å². The minimum absolute atomic E-state index is 0. The summed E-state index contributed by atoms with van der Waals surface area (Å²) < 4.78 is 0. The van der Waals surface area contributed by atoms with E-state index in [0.717, 1.165) is 82.2 Å². The first kappa shape index (κ1) is 20.5. The van der Waals surface area contributed by atoms with Crippen LogP contribution in [0, 0.1) is 0 Å². The van der Waals surface area contributed by atoms with Gasteiger partial charge in [-0.05, 0) is 12.5 Å². The van der Waals surface area contributed by atoms with E-state index in [2.05, 4.69) is 29.7 Å². The van der Waals surface area contributed by atoms with Gasteiger partial charge in [0.25, 0.3) is 0 Å². The van der Waals surface area contributed by atoms with E-state index in [1.807, 2.05) is 17.8 Å². The van der Waals surface area contributed by atoms with Crippen LogP contribution in [0.25, 0.3) is 0 Å². The number of guanidine groups is 1. The van der Waals surface area contributed by atoms with Crippen LogP contribution < -0.4 is 10.6 Å². The van der Waals surface area contributed by atoms with Gasteiger partial charge >= 0.3 is 0 Å². The Labute approximate surface area is 171 Å². The monoisotopic (exact) mass is 477 g/mol. The van der Waals surface area contributed by atoms with Crippen LogP contribution in [-0.4, -0.2) is 89.6 Å². The van der Waals surface area contributed by atoms with Gasteiger partial charge in [0.2, 0.25) is 5.95 Å². The Bertz CT molecular complexity index is 516. The third-order valence-corrected chi connectivity index (χ3v) is 5.39. The highest BCUT2D eigenvalue weighted by Crippen LogP contribution is 2.10. The molecule has 3 rings (SSSR count). The first-order valence-electron chi connectivity index (χ1n) is 8.70. The van der Waals surface area contributed by atoms with Crippen molar-refractivity contribution in [1.29, 1.82) is 0 Å². The van der Waals surface area contributed by atoms with Crippen LogP contribution in [0.1, 0.15) is 6.42 Å². The Morgan fingerprint density at radius 2 is 1.76 bits per heavy atom. The molecule has 1 aromatic heterocycles. The molecule has 0 spiro atoms. The predicted molar refractivity (Wildman–Crippen MR) is 116 cm³/mol. The number of anilines is 1. The van der Waals surface area contributed by atoms with Gasteiger partial charge in [-0.2, -0.15) is 11.8 Å². The molecule has 2 N–H and O–H groups in total. The second-order valence-electron chi connectivity index (χ2n) is 6.07. The number of aliphatic imine (C=N–C) groups is 1. The summed E-state index contributed by atoms with van der Waals surface area (Å²) in [4.78, 5) is 20.1. The van der Waals surface area contributed by atoms with Gasteiger partial charge in [-0.1, -0.05) is 0 Å². The fourth-order valence-corrected chi connectivity index (χ4v) is 3.91. The van der Waals surface area contributed by atoms with Crippen molar-refractivity contribution in [2.75, 3.05) is 68.8 Å². The third-order valence-electron chi connectivity index (χ3n) is 4.45. The average Bonchev–Trinajstić information content (AvgIpc) is 2.67. The molecule has 2 fully saturated rings. The Hall–Kier alpha value is -0.810. The molecule has 0 atom stereocenters. The molecule has 3 heterocycles. The number of halogens is 1. The van der Waals surface area contributed by atoms with Crippen LogP contribution in [0.4, 0.5) is 5.95 Å². The number of aromatic nitrogens is 2. The highest BCUT2D eigenvalue weighted by molar-refractivity contribution is 14.0. The SMILES string of the molecule is I.NC(=NCCCN1CCN(c2ncccn2)CC1)N1CCSCC1. The minimum atomic E-state index is 0. The zero-order chi connectivity index (χ0) is 16.6. The van der Waals surface area contributed by atoms with Gasteiger partial charge in [0.15, 0.2) is 5.96 Å². The highest BCUT2D eigenvalue weighted by Gasteiger charge is 2.18. The largest absolute Gasteiger partial charge is 0.370 e. The van der Waals surface area contributed by atoms with Crippen LogP contribution in [0.15, 0.2) is 23.5 Å². The van der Waals surface area contributed by atoms with E-state index in [-0.39, 0.29) is 24.0 Å². The quantitative estimate of drug-likeness (QED) is 0.293. The topological polar surface area (TPSA) is 73.9 Å². The molecular weight excluding hydrogens is 449 g/mol. The lowest BCUT2D eigenvalue weighted by atomic mass is 10.3. The maximum Gasteiger partial charge on any atom is 0.225 e. The summed E-state index contributed by atoms with van der Waals surface area (Å²) in [6, 6.07) is 1.86. The van der Waals surface area contributed by atoms with Gasteiger partial charge < -0.3 is 15.5 Å². The van der Waals surface area contributed by atoms with Crippen molar-refractivity contribution in [1.82, 2.24) is 19.8 Å². The van der Waals surface area contributed by atoms with Crippen molar-refractivity contribution in [3.8, 4) is 0 Å². The van der Waals surface area contributed by atoms with Crippen LogP contribution in [0.3, 0.4) is 0 Å². The maximum absolute atomic E-state index is 6.08. The summed E-state index contributed by atoms with van der Waals surface area (Å²) >= 11 is 1.99. The second-order valence-corrected chi connectivity index (χ2v) is 7.30. The summed E-state index contributed by atoms with van der Waals surface area (Å²) in [7, 11) is 0. The smallest absolute Gasteiger partial charge is 0.225 e. The van der Waals surface area contributed by atoms with E-state index in [0.29, 0.717) is 0 Å². The summed E-state index contributed by atoms with van der Waals surface area (Å²) in [5.74, 6) is 3.88. The van der Waals surface area contributed by atoms with Crippen LogP contribution >= 0.6 is 35.7 Å². The Morgan fingerprint density at radius 3 is 2.44 bits per heavy atom. The summed E-state index contributed by atoms with van der Waals surface area (Å²) in [6.07, 6.45) is 4.67. The first-order valence-corrected chi connectivity index (χ1v) is 9.85. The molecule has 0 unspecified atom stereocenters. The predicted octanol–water partition coefficient (Wildman–Crippen LogP) is 0.970. The van der Waals surface area contributed by atoms with Crippen molar-refractivity contribution in [2.45, 2.75) is 6.42 Å². The third kappa shape index (κ3) is 6.45. The van der Waals surface area contributed by atoms with Crippen molar-refractivity contribution in [2.24, 2.45) is 10.7 Å². The molecule has 2 aliphatic heterocycles. The highest BCUT2D eigenvalue weighted by atomic mass is 127. The minimum Gasteiger partial charge on any atom is -0.370 e. The molecule has 2 saturated heterocycles. The van der Waals surface area contributed by atoms with Gasteiger partial charge in [-0.15, -0.1) is 24.0 Å². The van der Waals surface area contributed by atoms with Crippen molar-refractivity contribution >= 4 is 47.6 Å². The molecule has 140 valence electrons. The number of thioether (sulfide) groups is 1. The van der Waals surface area contributed by atoms with Crippen LogP contribution in [0.5, 0.6) is 0 Å². The lowest BCUT2D eigenvalue weighted by molar-refractivity contribution is 0.255. The number of piperazine rings is 1. The summed E-state index contributed by atoms with van der Waals surface area (Å²) in [5.41, 5.74) is 6.08. The average molecular weight is 477 g/mol. The zero-order valence-electron chi connectivity index (χ0n) is 14.6. The summed E-state index contributed by atoms with van der Waals surface area (Å²) in [6.45, 7) is 8.05. The van der Waals surface area contributed by atoms with Crippen LogP contribution in [0.2, 0.25) is 0 Å². The van der Waals surface area contributed by atoms with E-state index in [1.54, 1.807) is 12.4 Å². The Balaban J connectivity index is 0.00000225. The van der Waals surface area contributed by atoms with E-state index in [1.165, 1.54) is 0 Å². The molecule has 2 aliphatic rings. The molecule has 0 aromatic carbocycles. The zero-order valence-corrected chi connectivity index (χ0v) is 17.7. The standard InChI is InChI=1S/C16H27N7S.HI/c17-15(22-11-13-24-14-12-22)18-5-2-6-21-7-9-23(10-8-21)16-19-3-1-4-20-16;/h1,3-4H,2,5-14H2,(H2,17,18);1H. The Morgan fingerprint density at radius 1 is 1.08 bits per heavy atom. The van der Waals surface area contributed by atoms with Crippen LogP contribution in [-0.2, 0) is 0 Å². The number of nitrogens with two attached hydrogens (primary N) is 1. The number of nitrogens with zero attached hydrogens (tertiary/aromatic N) is 6. The molecule has 0 saturated carbocycles. The van der Waals surface area contributed by atoms with Gasteiger partial charge in [0, 0.05) is 76.3 Å². The van der Waals surface area contributed by atoms with E-state index in [9.17, 15) is 0 Å². The second kappa shape index (κ2) is 11.0. The fourth-order valence-electron chi connectivity index (χ4n) is 3.01. The molecule has 0 aliphatic carbocycles. The van der Waals surface area contributed by atoms with Gasteiger partial charge in [-0.3, -0.25) is 9.89 Å². The number of hydrogen-bond acceptors (Lipinski definition) is 6. The van der Waals surface area contributed by atoms with E-state index >= 15 is 0 Å². The normalized spacial score (nSPS) is 19.6. The molecule has 9 heteroatoms. The lowest BCUT2D eigenvalue weighted by Gasteiger charge is -2.34. The molecule has 25 heavy (non-hydrogen) atoms. The first-order chi connectivity index (χ1) is 11.8. The molecule has 1 aromatic rings. The van der Waals surface area contributed by atoms with Crippen molar-refractivity contribution in [3.05, 3.63) is 18.5 Å². The molecule has 7 nitrogen and oxygen atoms in total. The van der Waals surface area contributed by atoms with Crippen molar-refractivity contribution < 1.29 is 0 Å². The number of rotatable bonds is 5. The maximum atomic E-state index is 6.08. The molecule has 0 radical (unpaired) electrons. The fraction of sp³-hybridized carbons (Fsp3) is 0.688. The van der Waals surface area contributed by atoms with E-state index < -0.39 is 0 Å². The van der Waals surface area contributed by atoms with Crippen molar-refractivity contribution in [3.63, 3.8) is 0 Å². The molecular formula is C16H28IN7S. The van der Waals surface area contributed by atoms with E-state index in [4.69, 9.17) is 5.73 Å². The van der Waals surface area contributed by atoms with Gasteiger partial charge in [-0.25, -0.2) is 9.97 Å². The lowest BCUT2D eigenvalue weighted by Crippen LogP contribution is -2.47.